The van der Waals surface area contributed by atoms with Gasteiger partial charge in [0.15, 0.2) is 0 Å². The molecule has 1 saturated carbocycles. The first-order valence-electron chi connectivity index (χ1n) is 11.4. The van der Waals surface area contributed by atoms with Gasteiger partial charge < -0.3 is 20.9 Å². The minimum absolute atomic E-state index is 0.0484. The Labute approximate surface area is 206 Å². The van der Waals surface area contributed by atoms with Crippen molar-refractivity contribution in [3.63, 3.8) is 0 Å². The normalized spacial score (nSPS) is 18.2. The molecule has 35 heavy (non-hydrogen) atoms. The molecule has 1 fully saturated rings. The van der Waals surface area contributed by atoms with E-state index >= 15 is 0 Å². The highest BCUT2D eigenvalue weighted by Crippen LogP contribution is 2.36. The molecule has 0 saturated heterocycles. The van der Waals surface area contributed by atoms with Crippen LogP contribution < -0.4 is 20.9 Å². The summed E-state index contributed by atoms with van der Waals surface area (Å²) in [6.45, 7) is 0. The van der Waals surface area contributed by atoms with Gasteiger partial charge in [0.1, 0.15) is 5.82 Å². The number of anilines is 3. The Morgan fingerprint density at radius 1 is 1.03 bits per heavy atom. The van der Waals surface area contributed by atoms with Crippen molar-refractivity contribution in [3.8, 4) is 0 Å². The molecule has 6 nitrogen and oxygen atoms in total. The van der Waals surface area contributed by atoms with E-state index in [1.54, 1.807) is 0 Å². The second-order valence-electron chi connectivity index (χ2n) is 8.92. The number of nitrogens with one attached hydrogen (secondary N) is 3. The van der Waals surface area contributed by atoms with Crippen LogP contribution in [-0.4, -0.2) is 37.2 Å². The van der Waals surface area contributed by atoms with E-state index in [1.165, 1.54) is 6.07 Å². The molecule has 1 aliphatic rings. The number of urea groups is 1. The van der Waals surface area contributed by atoms with Gasteiger partial charge in [-0.05, 0) is 49.9 Å². The molecule has 2 amide bonds. The largest absolute Gasteiger partial charge is 0.418 e. The van der Waals surface area contributed by atoms with Crippen molar-refractivity contribution in [3.05, 3.63) is 59.1 Å². The number of halogens is 4. The van der Waals surface area contributed by atoms with Crippen LogP contribution in [-0.2, 0) is 6.18 Å². The van der Waals surface area contributed by atoms with E-state index in [4.69, 9.17) is 16.6 Å². The van der Waals surface area contributed by atoms with Crippen molar-refractivity contribution >= 4 is 45.7 Å². The fourth-order valence-corrected chi connectivity index (χ4v) is 4.57. The summed E-state index contributed by atoms with van der Waals surface area (Å²) in [5.74, 6) is 0.795. The zero-order valence-electron chi connectivity index (χ0n) is 19.4. The van der Waals surface area contributed by atoms with Gasteiger partial charge in [-0.3, -0.25) is 0 Å². The van der Waals surface area contributed by atoms with Crippen LogP contribution >= 0.6 is 11.6 Å². The number of carbonyl (C=O) groups is 1. The minimum Gasteiger partial charge on any atom is -0.377 e. The minimum atomic E-state index is -4.62. The maximum absolute atomic E-state index is 13.3. The number of alkyl halides is 3. The first kappa shape index (κ1) is 24.9. The van der Waals surface area contributed by atoms with Crippen LogP contribution in [0.25, 0.3) is 10.9 Å². The number of hydrogen-bond acceptors (Lipinski definition) is 4. The molecule has 0 unspecified atom stereocenters. The van der Waals surface area contributed by atoms with Crippen molar-refractivity contribution < 1.29 is 18.0 Å². The predicted molar refractivity (Wildman–Crippen MR) is 134 cm³/mol. The summed E-state index contributed by atoms with van der Waals surface area (Å²) in [6, 6.07) is 12.7. The lowest BCUT2D eigenvalue weighted by Gasteiger charge is -2.30. The van der Waals surface area contributed by atoms with Gasteiger partial charge in [0.2, 0.25) is 0 Å². The van der Waals surface area contributed by atoms with E-state index in [9.17, 15) is 18.0 Å². The van der Waals surface area contributed by atoms with Crippen LogP contribution in [0, 0.1) is 0 Å². The van der Waals surface area contributed by atoms with E-state index in [-0.39, 0.29) is 22.8 Å². The molecule has 1 heterocycles. The third-order valence-corrected chi connectivity index (χ3v) is 6.36. The van der Waals surface area contributed by atoms with Crippen LogP contribution in [0.4, 0.5) is 35.2 Å². The molecule has 4 rings (SSSR count). The quantitative estimate of drug-likeness (QED) is 0.369. The number of rotatable bonds is 5. The lowest BCUT2D eigenvalue weighted by Crippen LogP contribution is -2.42. The molecule has 186 valence electrons. The summed E-state index contributed by atoms with van der Waals surface area (Å²) in [6.07, 6.45) is -1.63. The number of hydrogen-bond donors (Lipinski definition) is 3. The number of aromatic nitrogens is 1. The van der Waals surface area contributed by atoms with Crippen molar-refractivity contribution in [2.75, 3.05) is 29.6 Å². The zero-order valence-corrected chi connectivity index (χ0v) is 20.2. The second-order valence-corrected chi connectivity index (χ2v) is 9.35. The number of amides is 2. The average Bonchev–Trinajstić information content (AvgIpc) is 2.80. The summed E-state index contributed by atoms with van der Waals surface area (Å²) in [7, 11) is 3.99. The molecule has 3 aromatic rings. The molecule has 0 bridgehead atoms. The van der Waals surface area contributed by atoms with Gasteiger partial charge in [0.05, 0.1) is 16.8 Å². The highest BCUT2D eigenvalue weighted by Gasteiger charge is 2.34. The van der Waals surface area contributed by atoms with Crippen LogP contribution in [0.15, 0.2) is 48.5 Å². The number of fused-ring (bicyclic) bond motifs is 1. The van der Waals surface area contributed by atoms with Crippen molar-refractivity contribution in [2.24, 2.45) is 0 Å². The van der Waals surface area contributed by atoms with E-state index in [2.05, 4.69) is 20.9 Å². The zero-order chi connectivity index (χ0) is 25.2. The van der Waals surface area contributed by atoms with Crippen molar-refractivity contribution in [1.29, 1.82) is 0 Å². The monoisotopic (exact) mass is 505 g/mol. The van der Waals surface area contributed by atoms with Gasteiger partial charge in [-0.15, -0.1) is 0 Å². The van der Waals surface area contributed by atoms with Crippen LogP contribution in [0.5, 0.6) is 0 Å². The smallest absolute Gasteiger partial charge is 0.377 e. The number of benzene rings is 2. The molecule has 10 heteroatoms. The fourth-order valence-electron chi connectivity index (χ4n) is 4.40. The van der Waals surface area contributed by atoms with Crippen LogP contribution in [0.3, 0.4) is 0 Å². The fraction of sp³-hybridized carbons (Fsp3) is 0.360. The van der Waals surface area contributed by atoms with E-state index in [0.29, 0.717) is 12.8 Å². The van der Waals surface area contributed by atoms with Crippen LogP contribution in [0.2, 0.25) is 5.02 Å². The summed E-state index contributed by atoms with van der Waals surface area (Å²) >= 11 is 5.70. The predicted octanol–water partition coefficient (Wildman–Crippen LogP) is 6.52. The molecule has 0 aliphatic heterocycles. The van der Waals surface area contributed by atoms with E-state index in [0.717, 1.165) is 47.4 Å². The third kappa shape index (κ3) is 6.08. The lowest BCUT2D eigenvalue weighted by atomic mass is 9.91. The van der Waals surface area contributed by atoms with Crippen molar-refractivity contribution in [2.45, 2.75) is 43.9 Å². The molecule has 0 radical (unpaired) electrons. The van der Waals surface area contributed by atoms with Gasteiger partial charge in [0.25, 0.3) is 0 Å². The van der Waals surface area contributed by atoms with Crippen molar-refractivity contribution in [1.82, 2.24) is 10.3 Å². The molecular weight excluding hydrogens is 479 g/mol. The second kappa shape index (κ2) is 10.2. The number of para-hydroxylation sites is 1. The lowest BCUT2D eigenvalue weighted by molar-refractivity contribution is -0.136. The average molecular weight is 506 g/mol. The van der Waals surface area contributed by atoms with Gasteiger partial charge in [0, 0.05) is 48.3 Å². The summed E-state index contributed by atoms with van der Waals surface area (Å²) in [4.78, 5) is 19.2. The number of pyridine rings is 1. The summed E-state index contributed by atoms with van der Waals surface area (Å²) < 4.78 is 39.8. The molecule has 1 aliphatic carbocycles. The number of carbonyl (C=O) groups excluding carboxylic acids is 1. The Hall–Kier alpha value is -3.20. The van der Waals surface area contributed by atoms with E-state index < -0.39 is 17.8 Å². The highest BCUT2D eigenvalue weighted by molar-refractivity contribution is 6.30. The molecule has 3 N–H and O–H groups in total. The maximum Gasteiger partial charge on any atom is 0.418 e. The summed E-state index contributed by atoms with van der Waals surface area (Å²) in [5, 5.41) is 9.65. The van der Waals surface area contributed by atoms with E-state index in [1.807, 2.05) is 44.4 Å². The van der Waals surface area contributed by atoms with Gasteiger partial charge in [-0.2, -0.15) is 13.2 Å². The first-order valence-corrected chi connectivity index (χ1v) is 11.8. The SMILES string of the molecule is CN(C)c1cc(N[C@H]2CC[C@@H](NC(=O)Nc3ccc(Cl)cc3C(F)(F)F)CC2)nc2ccccc12. The molecule has 1 aromatic heterocycles. The van der Waals surface area contributed by atoms with Crippen LogP contribution in [0.1, 0.15) is 31.2 Å². The highest BCUT2D eigenvalue weighted by atomic mass is 35.5. The van der Waals surface area contributed by atoms with Gasteiger partial charge in [-0.1, -0.05) is 29.8 Å². The Bertz CT molecular complexity index is 1210. The Balaban J connectivity index is 1.34. The molecule has 2 aromatic carbocycles. The first-order chi connectivity index (χ1) is 16.6. The Morgan fingerprint density at radius 2 is 1.71 bits per heavy atom. The molecule has 0 spiro atoms. The molecular formula is C25H27ClF3N5O. The third-order valence-electron chi connectivity index (χ3n) is 6.13. The topological polar surface area (TPSA) is 69.3 Å². The Morgan fingerprint density at radius 3 is 2.40 bits per heavy atom. The maximum atomic E-state index is 13.3. The molecule has 0 atom stereocenters. The number of nitrogens with zero attached hydrogens (tertiary/aromatic N) is 2. The standard InChI is InChI=1S/C25H27ClF3N5O/c1-34(2)22-14-23(32-20-6-4-3-5-18(20)22)30-16-8-10-17(11-9-16)31-24(35)33-21-12-7-15(26)13-19(21)25(27,28)29/h3-7,12-14,16-17H,8-11H2,1-2H3,(H,30,32)(H2,31,33,35)/t16-,17+. The Kier molecular flexibility index (Phi) is 7.25. The van der Waals surface area contributed by atoms with Gasteiger partial charge in [-0.25, -0.2) is 9.78 Å². The van der Waals surface area contributed by atoms with Gasteiger partial charge >= 0.3 is 12.2 Å². The summed E-state index contributed by atoms with van der Waals surface area (Å²) in [5.41, 5.74) is 0.682.